The summed E-state index contributed by atoms with van der Waals surface area (Å²) in [6, 6.07) is 7.42. The summed E-state index contributed by atoms with van der Waals surface area (Å²) in [7, 11) is -2.97. The molecule has 27 heavy (non-hydrogen) atoms. The number of amides is 2. The Bertz CT molecular complexity index is 798. The van der Waals surface area contributed by atoms with Crippen LogP contribution >= 0.6 is 0 Å². The van der Waals surface area contributed by atoms with Crippen molar-refractivity contribution in [2.45, 2.75) is 45.1 Å². The van der Waals surface area contributed by atoms with E-state index in [1.165, 1.54) is 0 Å². The first kappa shape index (κ1) is 19.9. The van der Waals surface area contributed by atoms with E-state index in [4.69, 9.17) is 0 Å². The van der Waals surface area contributed by atoms with Crippen molar-refractivity contribution in [3.8, 4) is 0 Å². The minimum atomic E-state index is -2.97. The van der Waals surface area contributed by atoms with Gasteiger partial charge in [-0.05, 0) is 50.2 Å². The van der Waals surface area contributed by atoms with Gasteiger partial charge in [-0.2, -0.15) is 0 Å². The number of hydrogen-bond acceptors (Lipinski definition) is 4. The number of hydrogen-bond donors (Lipinski definition) is 1. The lowest BCUT2D eigenvalue weighted by atomic mass is 9.91. The van der Waals surface area contributed by atoms with Gasteiger partial charge in [0.25, 0.3) is 5.91 Å². The first-order chi connectivity index (χ1) is 12.8. The second-order valence-corrected chi connectivity index (χ2v) is 9.99. The van der Waals surface area contributed by atoms with Crippen molar-refractivity contribution in [1.82, 2.24) is 10.2 Å². The quantitative estimate of drug-likeness (QED) is 0.830. The zero-order valence-corrected chi connectivity index (χ0v) is 16.6. The predicted octanol–water partition coefficient (Wildman–Crippen LogP) is 1.93. The first-order valence-corrected chi connectivity index (χ1v) is 11.5. The molecule has 0 saturated carbocycles. The number of piperidine rings is 1. The molecule has 7 heteroatoms. The van der Waals surface area contributed by atoms with Crippen LogP contribution in [-0.4, -0.2) is 55.8 Å². The van der Waals surface area contributed by atoms with Gasteiger partial charge in [-0.15, -0.1) is 0 Å². The Morgan fingerprint density at radius 2 is 1.85 bits per heavy atom. The fourth-order valence-electron chi connectivity index (χ4n) is 3.95. The Labute approximate surface area is 161 Å². The van der Waals surface area contributed by atoms with Gasteiger partial charge in [0.05, 0.1) is 11.5 Å². The van der Waals surface area contributed by atoms with Crippen molar-refractivity contribution in [1.29, 1.82) is 0 Å². The summed E-state index contributed by atoms with van der Waals surface area (Å²) in [4.78, 5) is 26.6. The molecule has 2 saturated heterocycles. The average molecular weight is 393 g/mol. The third kappa shape index (κ3) is 5.31. The summed E-state index contributed by atoms with van der Waals surface area (Å²) >= 11 is 0. The highest BCUT2D eigenvalue weighted by Gasteiger charge is 2.29. The second kappa shape index (κ2) is 8.42. The van der Waals surface area contributed by atoms with Crippen LogP contribution in [0.25, 0.3) is 0 Å². The van der Waals surface area contributed by atoms with Gasteiger partial charge in [0, 0.05) is 31.1 Å². The maximum atomic E-state index is 12.7. The molecule has 0 aromatic heterocycles. The van der Waals surface area contributed by atoms with Gasteiger partial charge >= 0.3 is 0 Å². The molecule has 1 atom stereocenters. The maximum Gasteiger partial charge on any atom is 0.254 e. The van der Waals surface area contributed by atoms with Crippen LogP contribution < -0.4 is 5.32 Å². The molecule has 3 rings (SSSR count). The van der Waals surface area contributed by atoms with E-state index in [2.05, 4.69) is 5.32 Å². The van der Waals surface area contributed by atoms with Gasteiger partial charge in [0.1, 0.15) is 0 Å². The molecule has 0 bridgehead atoms. The van der Waals surface area contributed by atoms with Gasteiger partial charge in [0.2, 0.25) is 5.91 Å². The molecule has 1 N–H and O–H groups in total. The zero-order valence-electron chi connectivity index (χ0n) is 15.8. The van der Waals surface area contributed by atoms with Gasteiger partial charge in [-0.3, -0.25) is 9.59 Å². The summed E-state index contributed by atoms with van der Waals surface area (Å²) in [5.74, 6) is 0.704. The molecule has 2 aliphatic rings. The highest BCUT2D eigenvalue weighted by atomic mass is 32.2. The number of carbonyl (C=O) groups excluding carboxylic acids is 2. The van der Waals surface area contributed by atoms with Crippen LogP contribution in [0.3, 0.4) is 0 Å². The molecular weight excluding hydrogens is 364 g/mol. The molecule has 0 spiro atoms. The van der Waals surface area contributed by atoms with E-state index in [9.17, 15) is 18.0 Å². The Kier molecular flexibility index (Phi) is 6.19. The summed E-state index contributed by atoms with van der Waals surface area (Å²) in [5.41, 5.74) is 1.76. The van der Waals surface area contributed by atoms with Crippen molar-refractivity contribution in [3.63, 3.8) is 0 Å². The maximum absolute atomic E-state index is 12.7. The third-order valence-electron chi connectivity index (χ3n) is 5.65. The Balaban J connectivity index is 1.40. The summed E-state index contributed by atoms with van der Waals surface area (Å²) in [5, 5.41) is 2.85. The van der Waals surface area contributed by atoms with E-state index in [1.54, 1.807) is 0 Å². The average Bonchev–Trinajstić information content (AvgIpc) is 2.98. The lowest BCUT2D eigenvalue weighted by Crippen LogP contribution is -2.39. The van der Waals surface area contributed by atoms with Gasteiger partial charge in [0.15, 0.2) is 9.84 Å². The van der Waals surface area contributed by atoms with E-state index in [0.29, 0.717) is 18.8 Å². The van der Waals surface area contributed by atoms with Crippen LogP contribution in [0.4, 0.5) is 0 Å². The lowest BCUT2D eigenvalue weighted by molar-refractivity contribution is -0.122. The van der Waals surface area contributed by atoms with Crippen molar-refractivity contribution in [2.75, 3.05) is 24.6 Å². The van der Waals surface area contributed by atoms with Crippen LogP contribution in [0.15, 0.2) is 24.3 Å². The van der Waals surface area contributed by atoms with Gasteiger partial charge < -0.3 is 10.2 Å². The van der Waals surface area contributed by atoms with Gasteiger partial charge in [-0.1, -0.05) is 18.2 Å². The van der Waals surface area contributed by atoms with Crippen LogP contribution in [0.2, 0.25) is 0 Å². The topological polar surface area (TPSA) is 83.6 Å². The molecule has 2 fully saturated rings. The summed E-state index contributed by atoms with van der Waals surface area (Å²) in [6.07, 6.45) is 3.55. The summed E-state index contributed by atoms with van der Waals surface area (Å²) < 4.78 is 22.9. The van der Waals surface area contributed by atoms with Crippen LogP contribution in [0.5, 0.6) is 0 Å². The number of nitrogens with one attached hydrogen (secondary N) is 1. The molecule has 1 aromatic carbocycles. The minimum absolute atomic E-state index is 0.0597. The predicted molar refractivity (Wildman–Crippen MR) is 104 cm³/mol. The molecule has 2 aliphatic heterocycles. The van der Waals surface area contributed by atoms with E-state index < -0.39 is 9.84 Å². The number of aryl methyl sites for hydroxylation is 1. The Morgan fingerprint density at radius 1 is 1.15 bits per heavy atom. The van der Waals surface area contributed by atoms with Crippen LogP contribution in [0, 0.1) is 12.8 Å². The molecule has 2 heterocycles. The highest BCUT2D eigenvalue weighted by molar-refractivity contribution is 7.91. The SMILES string of the molecule is Cc1ccccc1C(=O)N1CCC(CCC(=O)NC2CCS(=O)(=O)C2)CC1. The molecule has 148 valence electrons. The third-order valence-corrected chi connectivity index (χ3v) is 7.42. The number of likely N-dealkylation sites (tertiary alicyclic amines) is 1. The van der Waals surface area contributed by atoms with Crippen molar-refractivity contribution in [3.05, 3.63) is 35.4 Å². The molecular formula is C20H28N2O4S. The number of benzene rings is 1. The molecule has 1 aromatic rings. The highest BCUT2D eigenvalue weighted by Crippen LogP contribution is 2.24. The fraction of sp³-hybridized carbons (Fsp3) is 0.600. The van der Waals surface area contributed by atoms with E-state index in [-0.39, 0.29) is 29.4 Å². The number of carbonyl (C=O) groups is 2. The fourth-order valence-corrected chi connectivity index (χ4v) is 5.63. The molecule has 6 nitrogen and oxygen atoms in total. The minimum Gasteiger partial charge on any atom is -0.352 e. The summed E-state index contributed by atoms with van der Waals surface area (Å²) in [6.45, 7) is 3.40. The van der Waals surface area contributed by atoms with Crippen LogP contribution in [0.1, 0.15) is 48.0 Å². The lowest BCUT2D eigenvalue weighted by Gasteiger charge is -2.32. The second-order valence-electron chi connectivity index (χ2n) is 7.76. The van der Waals surface area contributed by atoms with Crippen molar-refractivity contribution < 1.29 is 18.0 Å². The van der Waals surface area contributed by atoms with E-state index >= 15 is 0 Å². The van der Waals surface area contributed by atoms with Crippen molar-refractivity contribution in [2.24, 2.45) is 5.92 Å². The number of sulfone groups is 1. The van der Waals surface area contributed by atoms with E-state index in [0.717, 1.165) is 43.5 Å². The Hall–Kier alpha value is -1.89. The standard InChI is InChI=1S/C20H28N2O4S/c1-15-4-2-3-5-18(15)20(24)22-11-8-16(9-12-22)6-7-19(23)21-17-10-13-27(25,26)14-17/h2-5,16-17H,6-14H2,1H3,(H,21,23). The normalized spacial score (nSPS) is 22.6. The van der Waals surface area contributed by atoms with Gasteiger partial charge in [-0.25, -0.2) is 8.42 Å². The monoisotopic (exact) mass is 392 g/mol. The number of nitrogens with zero attached hydrogens (tertiary/aromatic N) is 1. The molecule has 2 amide bonds. The molecule has 1 unspecified atom stereocenters. The Morgan fingerprint density at radius 3 is 2.48 bits per heavy atom. The first-order valence-electron chi connectivity index (χ1n) is 9.69. The molecule has 0 radical (unpaired) electrons. The van der Waals surface area contributed by atoms with E-state index in [1.807, 2.05) is 36.1 Å². The zero-order chi connectivity index (χ0) is 19.4. The smallest absolute Gasteiger partial charge is 0.254 e. The molecule has 0 aliphatic carbocycles. The van der Waals surface area contributed by atoms with Crippen molar-refractivity contribution >= 4 is 21.7 Å². The van der Waals surface area contributed by atoms with Crippen LogP contribution in [-0.2, 0) is 14.6 Å². The number of rotatable bonds is 5. The largest absolute Gasteiger partial charge is 0.352 e.